The second-order valence-corrected chi connectivity index (χ2v) is 5.04. The summed E-state index contributed by atoms with van der Waals surface area (Å²) in [6.45, 7) is 6.16. The number of hydrogen-bond donors (Lipinski definition) is 2. The average molecular weight is 252 g/mol. The van der Waals surface area contributed by atoms with E-state index in [0.717, 1.165) is 28.0 Å². The highest BCUT2D eigenvalue weighted by Gasteiger charge is 2.09. The Hall–Kier alpha value is -2.29. The number of phenolic OH excluding ortho intramolecular Hbond substituents is 1. The molecule has 1 heterocycles. The second kappa shape index (κ2) is 4.12. The van der Waals surface area contributed by atoms with Gasteiger partial charge in [-0.1, -0.05) is 0 Å². The van der Waals surface area contributed by atoms with Crippen LogP contribution in [0.5, 0.6) is 5.75 Å². The molecule has 3 heteroatoms. The molecule has 0 amide bonds. The first-order valence-electron chi connectivity index (χ1n) is 6.31. The van der Waals surface area contributed by atoms with Crippen LogP contribution in [0.25, 0.3) is 22.4 Å². The fraction of sp³-hybridized carbons (Fsp3) is 0.188. The van der Waals surface area contributed by atoms with Gasteiger partial charge in [-0.15, -0.1) is 0 Å². The summed E-state index contributed by atoms with van der Waals surface area (Å²) in [6, 6.07) is 9.55. The number of nitrogens with one attached hydrogen (secondary N) is 1. The summed E-state index contributed by atoms with van der Waals surface area (Å²) in [5, 5.41) is 9.47. The second-order valence-electron chi connectivity index (χ2n) is 5.04. The first-order chi connectivity index (χ1) is 9.04. The SMILES string of the molecule is Cc1cc2nc(-c3ccc(O)cc3C)[nH]c2cc1C. The lowest BCUT2D eigenvalue weighted by Gasteiger charge is -2.02. The predicted octanol–water partition coefficient (Wildman–Crippen LogP) is 3.86. The average Bonchev–Trinajstić information content (AvgIpc) is 2.72. The molecule has 3 rings (SSSR count). The maximum absolute atomic E-state index is 9.47. The summed E-state index contributed by atoms with van der Waals surface area (Å²) >= 11 is 0. The highest BCUT2D eigenvalue weighted by atomic mass is 16.3. The van der Waals surface area contributed by atoms with Gasteiger partial charge >= 0.3 is 0 Å². The van der Waals surface area contributed by atoms with Crippen LogP contribution in [-0.2, 0) is 0 Å². The monoisotopic (exact) mass is 252 g/mol. The van der Waals surface area contributed by atoms with E-state index in [2.05, 4.69) is 35.9 Å². The first kappa shape index (κ1) is 11.8. The highest BCUT2D eigenvalue weighted by molar-refractivity contribution is 5.81. The Morgan fingerprint density at radius 2 is 1.68 bits per heavy atom. The van der Waals surface area contributed by atoms with Gasteiger partial charge in [0.1, 0.15) is 11.6 Å². The number of aromatic nitrogens is 2. The number of phenols is 1. The Kier molecular flexibility index (Phi) is 2.56. The molecule has 2 aromatic carbocycles. The molecule has 0 bridgehead atoms. The van der Waals surface area contributed by atoms with Crippen molar-refractivity contribution in [3.05, 3.63) is 47.0 Å². The van der Waals surface area contributed by atoms with Crippen LogP contribution in [0.15, 0.2) is 30.3 Å². The molecular formula is C16H16N2O. The number of aromatic hydroxyl groups is 1. The van der Waals surface area contributed by atoms with Crippen LogP contribution >= 0.6 is 0 Å². The Morgan fingerprint density at radius 3 is 2.42 bits per heavy atom. The quantitative estimate of drug-likeness (QED) is 0.691. The van der Waals surface area contributed by atoms with Gasteiger partial charge in [0.25, 0.3) is 0 Å². The molecule has 1 aromatic heterocycles. The number of aryl methyl sites for hydroxylation is 3. The van der Waals surface area contributed by atoms with Gasteiger partial charge in [0, 0.05) is 5.56 Å². The van der Waals surface area contributed by atoms with Crippen LogP contribution < -0.4 is 0 Å². The molecule has 0 aliphatic rings. The fourth-order valence-electron chi connectivity index (χ4n) is 2.31. The molecule has 96 valence electrons. The highest BCUT2D eigenvalue weighted by Crippen LogP contribution is 2.27. The van der Waals surface area contributed by atoms with Gasteiger partial charge < -0.3 is 10.1 Å². The van der Waals surface area contributed by atoms with Gasteiger partial charge in [-0.05, 0) is 67.8 Å². The molecule has 2 N–H and O–H groups in total. The molecule has 0 aliphatic heterocycles. The lowest BCUT2D eigenvalue weighted by atomic mass is 10.1. The summed E-state index contributed by atoms with van der Waals surface area (Å²) in [7, 11) is 0. The van der Waals surface area contributed by atoms with E-state index in [4.69, 9.17) is 0 Å². The number of nitrogens with zero attached hydrogens (tertiary/aromatic N) is 1. The molecule has 0 spiro atoms. The minimum atomic E-state index is 0.282. The predicted molar refractivity (Wildman–Crippen MR) is 77.4 cm³/mol. The van der Waals surface area contributed by atoms with Gasteiger partial charge in [-0.25, -0.2) is 4.98 Å². The van der Waals surface area contributed by atoms with Gasteiger partial charge in [0.05, 0.1) is 11.0 Å². The van der Waals surface area contributed by atoms with Crippen molar-refractivity contribution < 1.29 is 5.11 Å². The zero-order valence-corrected chi connectivity index (χ0v) is 11.3. The van der Waals surface area contributed by atoms with Crippen LogP contribution in [0, 0.1) is 20.8 Å². The Labute approximate surface area is 111 Å². The van der Waals surface area contributed by atoms with Crippen molar-refractivity contribution in [1.29, 1.82) is 0 Å². The normalized spacial score (nSPS) is 11.1. The molecule has 3 aromatic rings. The Balaban J connectivity index is 2.20. The zero-order chi connectivity index (χ0) is 13.6. The number of benzene rings is 2. The number of aromatic amines is 1. The van der Waals surface area contributed by atoms with Crippen molar-refractivity contribution in [2.75, 3.05) is 0 Å². The third kappa shape index (κ3) is 1.97. The topological polar surface area (TPSA) is 48.9 Å². The summed E-state index contributed by atoms with van der Waals surface area (Å²) in [5.41, 5.74) is 6.55. The number of H-pyrrole nitrogens is 1. The van der Waals surface area contributed by atoms with Crippen molar-refractivity contribution in [2.45, 2.75) is 20.8 Å². The molecule has 0 atom stereocenters. The van der Waals surface area contributed by atoms with E-state index in [9.17, 15) is 5.11 Å². The molecule has 0 radical (unpaired) electrons. The molecule has 0 aliphatic carbocycles. The maximum Gasteiger partial charge on any atom is 0.138 e. The van der Waals surface area contributed by atoms with E-state index in [1.54, 1.807) is 12.1 Å². The van der Waals surface area contributed by atoms with Gasteiger partial charge in [-0.2, -0.15) is 0 Å². The van der Waals surface area contributed by atoms with E-state index >= 15 is 0 Å². The zero-order valence-electron chi connectivity index (χ0n) is 11.3. The molecule has 0 unspecified atom stereocenters. The third-order valence-corrected chi connectivity index (χ3v) is 3.56. The van der Waals surface area contributed by atoms with Crippen molar-refractivity contribution in [1.82, 2.24) is 9.97 Å². The number of imidazole rings is 1. The molecule has 0 saturated heterocycles. The smallest absolute Gasteiger partial charge is 0.138 e. The summed E-state index contributed by atoms with van der Waals surface area (Å²) < 4.78 is 0. The minimum absolute atomic E-state index is 0.282. The Morgan fingerprint density at radius 1 is 0.947 bits per heavy atom. The molecule has 0 fully saturated rings. The number of hydrogen-bond acceptors (Lipinski definition) is 2. The lowest BCUT2D eigenvalue weighted by molar-refractivity contribution is 0.475. The van der Waals surface area contributed by atoms with E-state index in [0.29, 0.717) is 0 Å². The Bertz CT molecular complexity index is 733. The van der Waals surface area contributed by atoms with Crippen LogP contribution in [-0.4, -0.2) is 15.1 Å². The number of rotatable bonds is 1. The van der Waals surface area contributed by atoms with Gasteiger partial charge in [0.15, 0.2) is 0 Å². The standard InChI is InChI=1S/C16H16N2O/c1-9-7-14-15(8-10(9)2)18-16(17-14)13-5-4-12(19)6-11(13)3/h4-8,19H,1-3H3,(H,17,18). The van der Waals surface area contributed by atoms with Crippen molar-refractivity contribution in [3.63, 3.8) is 0 Å². The summed E-state index contributed by atoms with van der Waals surface area (Å²) in [4.78, 5) is 7.99. The van der Waals surface area contributed by atoms with E-state index in [-0.39, 0.29) is 5.75 Å². The van der Waals surface area contributed by atoms with Crippen molar-refractivity contribution in [3.8, 4) is 17.1 Å². The first-order valence-corrected chi connectivity index (χ1v) is 6.31. The van der Waals surface area contributed by atoms with Crippen molar-refractivity contribution in [2.24, 2.45) is 0 Å². The van der Waals surface area contributed by atoms with E-state index in [1.165, 1.54) is 11.1 Å². The van der Waals surface area contributed by atoms with Crippen molar-refractivity contribution >= 4 is 11.0 Å². The summed E-state index contributed by atoms with van der Waals surface area (Å²) in [5.74, 6) is 1.13. The van der Waals surface area contributed by atoms with Crippen LogP contribution in [0.3, 0.4) is 0 Å². The maximum atomic E-state index is 9.47. The van der Waals surface area contributed by atoms with Crippen LogP contribution in [0.2, 0.25) is 0 Å². The lowest BCUT2D eigenvalue weighted by Crippen LogP contribution is -1.84. The van der Waals surface area contributed by atoms with Crippen LogP contribution in [0.1, 0.15) is 16.7 Å². The molecular weight excluding hydrogens is 236 g/mol. The van der Waals surface area contributed by atoms with Gasteiger partial charge in [0.2, 0.25) is 0 Å². The summed E-state index contributed by atoms with van der Waals surface area (Å²) in [6.07, 6.45) is 0. The van der Waals surface area contributed by atoms with Gasteiger partial charge in [-0.3, -0.25) is 0 Å². The fourth-order valence-corrected chi connectivity index (χ4v) is 2.31. The number of fused-ring (bicyclic) bond motifs is 1. The third-order valence-electron chi connectivity index (χ3n) is 3.56. The van der Waals surface area contributed by atoms with E-state index in [1.807, 2.05) is 13.0 Å². The molecule has 3 nitrogen and oxygen atoms in total. The molecule has 0 saturated carbocycles. The molecule has 19 heavy (non-hydrogen) atoms. The van der Waals surface area contributed by atoms with Crippen LogP contribution in [0.4, 0.5) is 0 Å². The van der Waals surface area contributed by atoms with E-state index < -0.39 is 0 Å². The largest absolute Gasteiger partial charge is 0.508 e. The minimum Gasteiger partial charge on any atom is -0.508 e.